The fourth-order valence-electron chi connectivity index (χ4n) is 11.0. The molecule has 3 aromatic rings. The number of carbonyl (C=O) groups is 3. The Bertz CT molecular complexity index is 2570. The number of alkyl carbamates (subject to hydrolysis) is 1. The van der Waals surface area contributed by atoms with E-state index in [1.54, 1.807) is 14.0 Å². The smallest absolute Gasteiger partial charge is 0.408 e. The summed E-state index contributed by atoms with van der Waals surface area (Å²) in [6, 6.07) is 16.0. The van der Waals surface area contributed by atoms with Gasteiger partial charge in [0.25, 0.3) is 0 Å². The molecule has 6 aliphatic rings. The number of ether oxygens (including phenoxy) is 7. The van der Waals surface area contributed by atoms with Crippen molar-refractivity contribution >= 4 is 64.4 Å². The van der Waals surface area contributed by atoms with Crippen LogP contribution in [-0.2, 0) is 39.7 Å². The fourth-order valence-corrected chi connectivity index (χ4v) is 12.4. The van der Waals surface area contributed by atoms with Gasteiger partial charge in [-0.15, -0.1) is 0 Å². The van der Waals surface area contributed by atoms with E-state index in [0.29, 0.717) is 23.7 Å². The minimum absolute atomic E-state index is 0.00728. The number of piperazine rings is 1. The lowest BCUT2D eigenvalue weighted by atomic mass is 9.65. The zero-order valence-corrected chi connectivity index (χ0v) is 40.4. The number of amides is 1. The Morgan fingerprint density at radius 1 is 1.03 bits per heavy atom. The molecule has 0 radical (unpaired) electrons. The second-order valence-corrected chi connectivity index (χ2v) is 21.0. The number of aryl methyl sites for hydroxylation is 1. The van der Waals surface area contributed by atoms with Crippen molar-refractivity contribution in [2.75, 3.05) is 59.6 Å². The summed E-state index contributed by atoms with van der Waals surface area (Å²) in [5.74, 6) is 0.441. The van der Waals surface area contributed by atoms with E-state index in [9.17, 15) is 24.8 Å². The van der Waals surface area contributed by atoms with Crippen LogP contribution in [0.3, 0.4) is 0 Å². The number of halogens is 3. The van der Waals surface area contributed by atoms with Gasteiger partial charge in [0.1, 0.15) is 25.3 Å². The van der Waals surface area contributed by atoms with Crippen LogP contribution in [0.15, 0.2) is 77.3 Å². The fraction of sp³-hybridized carbons (Fsp3) is 0.458. The molecule has 3 unspecified atom stereocenters. The van der Waals surface area contributed by atoms with Crippen molar-refractivity contribution in [3.8, 4) is 28.7 Å². The van der Waals surface area contributed by atoms with Gasteiger partial charge in [0.05, 0.1) is 25.3 Å². The molecule has 1 amide bonds. The third-order valence-corrected chi connectivity index (χ3v) is 15.2. The van der Waals surface area contributed by atoms with Gasteiger partial charge in [0, 0.05) is 59.7 Å². The number of fused-ring (bicyclic) bond motifs is 11. The lowest BCUT2D eigenvalue weighted by Gasteiger charge is -2.62. The maximum atomic E-state index is 14.6. The number of rotatable bonds is 13. The quantitative estimate of drug-likeness (QED) is 0.106. The molecule has 0 spiro atoms. The normalized spacial score (nSPS) is 25.6. The molecule has 4 heterocycles. The average molecular weight is 996 g/mol. The van der Waals surface area contributed by atoms with Gasteiger partial charge in [-0.1, -0.05) is 89.4 Å². The average Bonchev–Trinajstić information content (AvgIpc) is 3.91. The molecular formula is C48H49Cl3N4O11S. The van der Waals surface area contributed by atoms with Crippen LogP contribution in [0.5, 0.6) is 11.5 Å². The van der Waals surface area contributed by atoms with Gasteiger partial charge < -0.3 is 43.6 Å². The van der Waals surface area contributed by atoms with Crippen LogP contribution in [-0.4, -0.2) is 132 Å². The summed E-state index contributed by atoms with van der Waals surface area (Å²) < 4.78 is 38.9. The highest BCUT2D eigenvalue weighted by Gasteiger charge is 2.64. The molecule has 3 aromatic carbocycles. The molecule has 15 nitrogen and oxygen atoms in total. The molecule has 19 heteroatoms. The van der Waals surface area contributed by atoms with Crippen molar-refractivity contribution < 1.29 is 52.6 Å². The van der Waals surface area contributed by atoms with Crippen LogP contribution in [0.2, 0.25) is 0 Å². The summed E-state index contributed by atoms with van der Waals surface area (Å²) >= 11 is 19.1. The lowest BCUT2D eigenvalue weighted by molar-refractivity contribution is -0.159. The number of methoxy groups -OCH3 is 2. The van der Waals surface area contributed by atoms with Gasteiger partial charge in [-0.05, 0) is 60.7 Å². The third-order valence-electron chi connectivity index (χ3n) is 13.7. The number of hydrogen-bond acceptors (Lipinski definition) is 15. The summed E-state index contributed by atoms with van der Waals surface area (Å²) in [6.07, 6.45) is -0.751. The van der Waals surface area contributed by atoms with Crippen LogP contribution in [0.25, 0.3) is 11.1 Å². The highest BCUT2D eigenvalue weighted by molar-refractivity contribution is 7.99. The standard InChI is InChI=1S/C48H49Cl3N4O11S/c1-24-14-26-15-33-35(17-52)55-34(39(54(33)3)37(26)42(40(24)61-5)64-22-60-4)16-47(59)38(43-41(65-23-66-43)25(2)44(47)56)36(55)18-62-45(57)32(53-46(58)63-21-48(49,50)51)20-67-19-31-29-12-8-6-10-27(29)28-11-7-9-13-30(28)31/h6-14,31-36,39,59H,15-16,18-23H2,1-5H3,(H,53,58)/t32-,33-,34?,35+,36+,39?,47?/m1/s1. The summed E-state index contributed by atoms with van der Waals surface area (Å²) in [4.78, 5) is 46.4. The van der Waals surface area contributed by atoms with Gasteiger partial charge in [-0.2, -0.15) is 17.0 Å². The Morgan fingerprint density at radius 2 is 1.72 bits per heavy atom. The van der Waals surface area contributed by atoms with Gasteiger partial charge >= 0.3 is 12.1 Å². The maximum Gasteiger partial charge on any atom is 0.408 e. The van der Waals surface area contributed by atoms with Gasteiger partial charge in [0.2, 0.25) is 10.6 Å². The zero-order valence-electron chi connectivity index (χ0n) is 37.3. The molecule has 3 saturated heterocycles. The minimum Gasteiger partial charge on any atom is -0.493 e. The number of esters is 1. The highest BCUT2D eigenvalue weighted by Crippen LogP contribution is 2.57. The number of piperidine rings is 1. The first kappa shape index (κ1) is 47.4. The third kappa shape index (κ3) is 8.29. The number of hydrogen-bond donors (Lipinski definition) is 2. The van der Waals surface area contributed by atoms with E-state index in [4.69, 9.17) is 68.0 Å². The number of benzene rings is 3. The minimum atomic E-state index is -2.18. The van der Waals surface area contributed by atoms with E-state index < -0.39 is 76.7 Å². The monoisotopic (exact) mass is 994 g/mol. The number of likely N-dealkylation sites (N-methyl/N-ethyl adjacent to an activating group) is 1. The number of aliphatic hydroxyl groups is 1. The van der Waals surface area contributed by atoms with E-state index in [0.717, 1.165) is 38.9 Å². The molecule has 354 valence electrons. The maximum absolute atomic E-state index is 14.6. The number of ketones is 1. The predicted molar refractivity (Wildman–Crippen MR) is 249 cm³/mol. The van der Waals surface area contributed by atoms with Crippen molar-refractivity contribution in [1.29, 1.82) is 5.26 Å². The number of Topliss-reactive ketones (excluding diaryl/α,β-unsaturated/α-hetero) is 1. The number of nitrogens with zero attached hydrogens (tertiary/aromatic N) is 3. The number of alkyl halides is 3. The molecule has 2 aliphatic carbocycles. The van der Waals surface area contributed by atoms with Crippen molar-refractivity contribution in [2.45, 2.75) is 78.3 Å². The molecule has 2 bridgehead atoms. The number of nitriles is 1. The Morgan fingerprint density at radius 3 is 2.37 bits per heavy atom. The molecular weight excluding hydrogens is 947 g/mol. The van der Waals surface area contributed by atoms with Crippen molar-refractivity contribution in [2.24, 2.45) is 0 Å². The van der Waals surface area contributed by atoms with Crippen LogP contribution < -0.4 is 14.8 Å². The van der Waals surface area contributed by atoms with Gasteiger partial charge in [-0.3, -0.25) is 14.6 Å². The summed E-state index contributed by atoms with van der Waals surface area (Å²) in [5.41, 5.74) is 5.22. The van der Waals surface area contributed by atoms with Crippen LogP contribution >= 0.6 is 46.6 Å². The van der Waals surface area contributed by atoms with Crippen molar-refractivity contribution in [3.63, 3.8) is 0 Å². The molecule has 2 N–H and O–H groups in total. The topological polar surface area (TPSA) is 178 Å². The first-order chi connectivity index (χ1) is 32.1. The zero-order chi connectivity index (χ0) is 47.5. The second-order valence-electron chi connectivity index (χ2n) is 17.4. The first-order valence-corrected chi connectivity index (χ1v) is 24.0. The molecule has 0 aromatic heterocycles. The largest absolute Gasteiger partial charge is 0.493 e. The molecule has 3 fully saturated rings. The lowest BCUT2D eigenvalue weighted by Crippen LogP contribution is -2.74. The highest BCUT2D eigenvalue weighted by atomic mass is 35.6. The number of nitrogens with one attached hydrogen (secondary N) is 1. The summed E-state index contributed by atoms with van der Waals surface area (Å²) in [5, 5.41) is 26.8. The molecule has 7 atom stereocenters. The van der Waals surface area contributed by atoms with Crippen LogP contribution in [0, 0.1) is 18.3 Å². The molecule has 0 saturated carbocycles. The van der Waals surface area contributed by atoms with E-state index in [-0.39, 0.29) is 54.3 Å². The van der Waals surface area contributed by atoms with Crippen LogP contribution in [0.1, 0.15) is 53.1 Å². The SMILES string of the molecule is COCOc1c(OC)c(C)cc2c1C1C3CC4(O)C(=O)C(C)=C5OCOC5=C4[C@H](COC(=O)[C@@H](CSCC4c5ccccc5-c5ccccc54)NC(=O)OCC(Cl)(Cl)Cl)N3[C@@H](C#N)[C@@H](C2)N1C. The molecule has 9 rings (SSSR count). The van der Waals surface area contributed by atoms with E-state index in [1.165, 1.54) is 18.9 Å². The van der Waals surface area contributed by atoms with E-state index in [1.807, 2.05) is 49.2 Å². The first-order valence-electron chi connectivity index (χ1n) is 21.7. The Kier molecular flexibility index (Phi) is 13.2. The summed E-state index contributed by atoms with van der Waals surface area (Å²) in [6.45, 7) is 2.12. The van der Waals surface area contributed by atoms with E-state index in [2.05, 4.69) is 40.6 Å². The number of thioether (sulfide) groups is 1. The molecule has 67 heavy (non-hydrogen) atoms. The van der Waals surface area contributed by atoms with Gasteiger partial charge in [0.15, 0.2) is 41.2 Å². The number of carbonyl (C=O) groups excluding carboxylic acids is 3. The summed E-state index contributed by atoms with van der Waals surface area (Å²) in [7, 11) is 4.99. The van der Waals surface area contributed by atoms with E-state index >= 15 is 0 Å². The van der Waals surface area contributed by atoms with Crippen molar-refractivity contribution in [3.05, 3.63) is 105 Å². The predicted octanol–water partition coefficient (Wildman–Crippen LogP) is 6.63. The van der Waals surface area contributed by atoms with Crippen molar-refractivity contribution in [1.82, 2.24) is 15.1 Å². The Labute approximate surface area is 407 Å². The second kappa shape index (κ2) is 18.7. The Balaban J connectivity index is 1.07. The van der Waals surface area contributed by atoms with Gasteiger partial charge in [-0.25, -0.2) is 9.59 Å². The molecule has 4 aliphatic heterocycles. The Hall–Kier alpha value is -4.70. The van der Waals surface area contributed by atoms with Crippen LogP contribution in [0.4, 0.5) is 4.79 Å².